The van der Waals surface area contributed by atoms with Gasteiger partial charge in [0.05, 0.1) is 13.2 Å². The van der Waals surface area contributed by atoms with Gasteiger partial charge in [0.1, 0.15) is 5.82 Å². The Labute approximate surface area is 240 Å². The third kappa shape index (κ3) is 5.24. The second kappa shape index (κ2) is 11.1. The Kier molecular flexibility index (Phi) is 7.62. The molecular weight excluding hydrogens is 669 g/mol. The predicted octanol–water partition coefficient (Wildman–Crippen LogP) is 6.23. The van der Waals surface area contributed by atoms with Gasteiger partial charge in [-0.2, -0.15) is 18.2 Å². The van der Waals surface area contributed by atoms with Gasteiger partial charge >= 0.3 is 21.1 Å². The first-order valence-electron chi connectivity index (χ1n) is 12.3. The molecule has 0 aliphatic rings. The molecule has 6 rings (SSSR count). The van der Waals surface area contributed by atoms with Crippen LogP contribution in [0.15, 0.2) is 79.1 Å². The summed E-state index contributed by atoms with van der Waals surface area (Å²) in [7, 11) is 0. The zero-order valence-corrected chi connectivity index (χ0v) is 23.7. The van der Waals surface area contributed by atoms with Crippen molar-refractivity contribution >= 4 is 21.8 Å². The number of aliphatic hydroxyl groups is 2. The van der Waals surface area contributed by atoms with E-state index in [1.807, 2.05) is 66.9 Å². The number of rotatable bonds is 6. The summed E-state index contributed by atoms with van der Waals surface area (Å²) in [4.78, 5) is 8.91. The van der Waals surface area contributed by atoms with Crippen LogP contribution in [-0.4, -0.2) is 24.7 Å². The molecule has 0 fully saturated rings. The van der Waals surface area contributed by atoms with E-state index in [4.69, 9.17) is 4.74 Å². The van der Waals surface area contributed by atoms with Crippen LogP contribution in [0.4, 0.5) is 0 Å². The number of hydrogen-bond acceptors (Lipinski definition) is 5. The molecule has 3 aromatic heterocycles. The molecule has 0 unspecified atom stereocenters. The van der Waals surface area contributed by atoms with E-state index in [0.29, 0.717) is 17.4 Å². The van der Waals surface area contributed by atoms with Crippen LogP contribution in [0.5, 0.6) is 11.6 Å². The van der Waals surface area contributed by atoms with Gasteiger partial charge < -0.3 is 19.5 Å². The maximum Gasteiger partial charge on any atom is 2.00 e. The van der Waals surface area contributed by atoms with Crippen molar-refractivity contribution in [2.75, 3.05) is 0 Å². The van der Waals surface area contributed by atoms with Crippen molar-refractivity contribution in [3.63, 3.8) is 0 Å². The van der Waals surface area contributed by atoms with E-state index in [1.165, 1.54) is 0 Å². The second-order valence-electron chi connectivity index (χ2n) is 9.37. The van der Waals surface area contributed by atoms with Gasteiger partial charge in [-0.15, -0.1) is 17.7 Å². The fraction of sp³-hybridized carbons (Fsp3) is 0.125. The summed E-state index contributed by atoms with van der Waals surface area (Å²) in [6.45, 7) is 3.90. The quantitative estimate of drug-likeness (QED) is 0.202. The number of aryl methyl sites for hydroxylation is 2. The molecule has 3 aromatic carbocycles. The number of aliphatic hydroxyl groups excluding tert-OH is 2. The van der Waals surface area contributed by atoms with Crippen LogP contribution >= 0.6 is 0 Å². The summed E-state index contributed by atoms with van der Waals surface area (Å²) in [5, 5.41) is 21.5. The summed E-state index contributed by atoms with van der Waals surface area (Å²) in [5.74, 6) is 1.79. The molecule has 0 aliphatic heterocycles. The fourth-order valence-electron chi connectivity index (χ4n) is 4.72. The normalized spacial score (nSPS) is 11.1. The van der Waals surface area contributed by atoms with Crippen molar-refractivity contribution in [1.82, 2.24) is 14.5 Å². The van der Waals surface area contributed by atoms with Gasteiger partial charge in [-0.05, 0) is 58.8 Å². The minimum Gasteiger partial charge on any atom is -0.460 e. The van der Waals surface area contributed by atoms with Crippen molar-refractivity contribution in [2.24, 2.45) is 0 Å². The Bertz CT molecular complexity index is 1810. The van der Waals surface area contributed by atoms with Crippen LogP contribution in [0.1, 0.15) is 22.3 Å². The first-order valence-corrected chi connectivity index (χ1v) is 12.3. The smallest absolute Gasteiger partial charge is 0.460 e. The minimum absolute atomic E-state index is 0. The number of pyridine rings is 2. The van der Waals surface area contributed by atoms with Gasteiger partial charge in [-0.1, -0.05) is 30.5 Å². The number of nitrogens with zero attached hydrogens (tertiary/aromatic N) is 3. The predicted molar refractivity (Wildman–Crippen MR) is 147 cm³/mol. The molecule has 3 heterocycles. The maximum atomic E-state index is 9.75. The molecule has 0 atom stereocenters. The van der Waals surface area contributed by atoms with Crippen LogP contribution in [0.3, 0.4) is 0 Å². The van der Waals surface area contributed by atoms with E-state index in [0.717, 1.165) is 55.2 Å². The zero-order valence-electron chi connectivity index (χ0n) is 21.4. The number of ether oxygens (including phenoxy) is 1. The van der Waals surface area contributed by atoms with Crippen LogP contribution in [-0.2, 0) is 34.3 Å². The minimum atomic E-state index is -0.0763. The Balaban J connectivity index is 0.00000308. The molecule has 0 aliphatic carbocycles. The fourth-order valence-corrected chi connectivity index (χ4v) is 4.72. The van der Waals surface area contributed by atoms with Crippen molar-refractivity contribution in [3.05, 3.63) is 114 Å². The summed E-state index contributed by atoms with van der Waals surface area (Å²) < 4.78 is 8.08. The molecule has 2 N–H and O–H groups in total. The number of hydrogen-bond donors (Lipinski definition) is 2. The van der Waals surface area contributed by atoms with Gasteiger partial charge in [0.2, 0.25) is 5.88 Å². The molecule has 196 valence electrons. The van der Waals surface area contributed by atoms with Gasteiger partial charge in [-0.25, -0.2) is 21.1 Å². The first-order chi connectivity index (χ1) is 18.5. The van der Waals surface area contributed by atoms with Crippen molar-refractivity contribution in [3.8, 4) is 28.6 Å². The van der Waals surface area contributed by atoms with E-state index in [-0.39, 0.29) is 34.3 Å². The molecule has 0 saturated carbocycles. The molecule has 0 amide bonds. The number of fused-ring (bicyclic) bond motifs is 3. The maximum absolute atomic E-state index is 9.75. The molecule has 0 saturated heterocycles. The Morgan fingerprint density at radius 3 is 2.33 bits per heavy atom. The van der Waals surface area contributed by atoms with Gasteiger partial charge in [0, 0.05) is 29.7 Å². The van der Waals surface area contributed by atoms with Gasteiger partial charge in [-0.3, -0.25) is 0 Å². The largest absolute Gasteiger partial charge is 2.00 e. The van der Waals surface area contributed by atoms with E-state index < -0.39 is 0 Å². The summed E-state index contributed by atoms with van der Waals surface area (Å²) in [6.07, 6.45) is 3.42. The average molecular weight is 695 g/mol. The van der Waals surface area contributed by atoms with E-state index in [1.54, 1.807) is 18.5 Å². The van der Waals surface area contributed by atoms with Crippen molar-refractivity contribution in [1.29, 1.82) is 0 Å². The van der Waals surface area contributed by atoms with Crippen LogP contribution < -0.4 is 4.74 Å². The number of aromatic nitrogens is 3. The second-order valence-corrected chi connectivity index (χ2v) is 9.37. The zero-order chi connectivity index (χ0) is 26.2. The Hall–Kier alpha value is -3.83. The van der Waals surface area contributed by atoms with Gasteiger partial charge in [0.25, 0.3) is 0 Å². The number of benzene rings is 3. The molecule has 39 heavy (non-hydrogen) atoms. The molecule has 0 radical (unpaired) electrons. The topological polar surface area (TPSA) is 80.4 Å². The van der Waals surface area contributed by atoms with E-state index in [9.17, 15) is 10.2 Å². The Morgan fingerprint density at radius 1 is 0.744 bits per heavy atom. The standard InChI is InChI=1S/C32H25N3O3.Pt/c1-20-7-9-34-32(13-20)38-26-12-21(2)11-25(16-26)24-4-5-27-28-14-22(18-36)3-6-29(28)35(30(27)17-24)31-15-23(19-37)8-10-33-31;/h3-15,36-37H,18-19H2,1-2H3;/q-2;+2. The summed E-state index contributed by atoms with van der Waals surface area (Å²) in [6, 6.07) is 28.4. The molecular formula is C32H25N3O3Pt. The summed E-state index contributed by atoms with van der Waals surface area (Å²) in [5.41, 5.74) is 7.18. The molecule has 7 heteroatoms. The monoisotopic (exact) mass is 694 g/mol. The SMILES string of the molecule is Cc1cc(Oc2cc(C)ccn2)[c-]c(-c2[c-]c3c(cc2)c2cc(CO)ccc2n3-c2cc(CO)ccn2)c1.[Pt+2]. The first kappa shape index (κ1) is 26.8. The molecule has 6 nitrogen and oxygen atoms in total. The molecule has 6 aromatic rings. The van der Waals surface area contributed by atoms with Crippen LogP contribution in [0.2, 0.25) is 0 Å². The summed E-state index contributed by atoms with van der Waals surface area (Å²) >= 11 is 0. The third-order valence-electron chi connectivity index (χ3n) is 6.53. The molecule has 0 bridgehead atoms. The van der Waals surface area contributed by atoms with Crippen LogP contribution in [0, 0.1) is 26.0 Å². The third-order valence-corrected chi connectivity index (χ3v) is 6.53. The van der Waals surface area contributed by atoms with Crippen LogP contribution in [0.25, 0.3) is 38.8 Å². The van der Waals surface area contributed by atoms with Crippen molar-refractivity contribution < 1.29 is 36.0 Å². The van der Waals surface area contributed by atoms with E-state index in [2.05, 4.69) is 34.2 Å². The van der Waals surface area contributed by atoms with Crippen molar-refractivity contribution in [2.45, 2.75) is 27.1 Å². The average Bonchev–Trinajstić information content (AvgIpc) is 3.25. The van der Waals surface area contributed by atoms with Gasteiger partial charge in [0.15, 0.2) is 0 Å². The Morgan fingerprint density at radius 2 is 1.54 bits per heavy atom. The molecule has 0 spiro atoms. The van der Waals surface area contributed by atoms with E-state index >= 15 is 0 Å².